The predicted molar refractivity (Wildman–Crippen MR) is 117 cm³/mol. The molecular weight excluding hydrogens is 395 g/mol. The van der Waals surface area contributed by atoms with Crippen molar-refractivity contribution < 1.29 is 23.4 Å². The monoisotopic (exact) mass is 426 g/mol. The van der Waals surface area contributed by atoms with Crippen LogP contribution in [0, 0.1) is 23.6 Å². The van der Waals surface area contributed by atoms with E-state index < -0.39 is 0 Å². The van der Waals surface area contributed by atoms with Gasteiger partial charge in [0.25, 0.3) is 0 Å². The van der Waals surface area contributed by atoms with Gasteiger partial charge in [-0.2, -0.15) is 0 Å². The van der Waals surface area contributed by atoms with Crippen molar-refractivity contribution in [2.45, 2.75) is 44.4 Å². The van der Waals surface area contributed by atoms with E-state index in [4.69, 9.17) is 14.2 Å². The molecule has 2 aromatic rings. The molecule has 0 aromatic heterocycles. The number of methoxy groups -OCH3 is 2. The van der Waals surface area contributed by atoms with Gasteiger partial charge in [0.15, 0.2) is 0 Å². The van der Waals surface area contributed by atoms with E-state index in [-0.39, 0.29) is 29.5 Å². The molecule has 0 N–H and O–H groups in total. The number of ether oxygens (including phenoxy) is 3. The molecule has 0 heterocycles. The summed E-state index contributed by atoms with van der Waals surface area (Å²) in [7, 11) is 3.05. The number of carbonyl (C=O) groups is 1. The highest BCUT2D eigenvalue weighted by molar-refractivity contribution is 5.73. The van der Waals surface area contributed by atoms with Gasteiger partial charge in [-0.15, -0.1) is 0 Å². The highest BCUT2D eigenvalue weighted by Crippen LogP contribution is 2.48. The maximum absolute atomic E-state index is 14.2. The Labute approximate surface area is 183 Å². The number of rotatable bonds is 9. The normalized spacial score (nSPS) is 22.2. The summed E-state index contributed by atoms with van der Waals surface area (Å²) in [6.07, 6.45) is 4.13. The quantitative estimate of drug-likeness (QED) is 0.482. The van der Waals surface area contributed by atoms with Crippen LogP contribution in [0.25, 0.3) is 0 Å². The molecule has 5 heteroatoms. The summed E-state index contributed by atoms with van der Waals surface area (Å²) in [6.45, 7) is 2.57. The molecule has 0 amide bonds. The molecule has 2 fully saturated rings. The molecule has 4 rings (SSSR count). The highest BCUT2D eigenvalue weighted by atomic mass is 19.1. The fourth-order valence-corrected chi connectivity index (χ4v) is 4.87. The number of carbonyl (C=O) groups excluding carboxylic acids is 1. The topological polar surface area (TPSA) is 44.8 Å². The van der Waals surface area contributed by atoms with Crippen LogP contribution in [0.15, 0.2) is 42.5 Å². The first-order valence-corrected chi connectivity index (χ1v) is 11.1. The first-order chi connectivity index (χ1) is 15.0. The molecular formula is C26H31FO4. The summed E-state index contributed by atoms with van der Waals surface area (Å²) in [4.78, 5) is 12.1. The summed E-state index contributed by atoms with van der Waals surface area (Å²) in [5.41, 5.74) is 1.88. The van der Waals surface area contributed by atoms with Gasteiger partial charge in [-0.3, -0.25) is 4.79 Å². The van der Waals surface area contributed by atoms with Gasteiger partial charge < -0.3 is 14.2 Å². The van der Waals surface area contributed by atoms with Crippen molar-refractivity contribution in [1.82, 2.24) is 0 Å². The summed E-state index contributed by atoms with van der Waals surface area (Å²) in [5.74, 6) is 2.36. The van der Waals surface area contributed by atoms with Gasteiger partial charge in [0.1, 0.15) is 17.3 Å². The van der Waals surface area contributed by atoms with Crippen LogP contribution in [-0.2, 0) is 9.53 Å². The molecule has 2 aliphatic carbocycles. The second-order valence-electron chi connectivity index (χ2n) is 8.98. The molecule has 2 saturated carbocycles. The largest absolute Gasteiger partial charge is 0.497 e. The Morgan fingerprint density at radius 1 is 1.10 bits per heavy atom. The molecule has 2 atom stereocenters. The highest BCUT2D eigenvalue weighted by Gasteiger charge is 2.39. The molecule has 2 aromatic carbocycles. The number of halogens is 1. The Hall–Kier alpha value is -2.56. The summed E-state index contributed by atoms with van der Waals surface area (Å²) in [6, 6.07) is 13.1. The number of benzene rings is 2. The van der Waals surface area contributed by atoms with Gasteiger partial charge in [-0.25, -0.2) is 4.39 Å². The van der Waals surface area contributed by atoms with Crippen molar-refractivity contribution in [2.24, 2.45) is 17.8 Å². The molecule has 0 bridgehead atoms. The lowest BCUT2D eigenvalue weighted by atomic mass is 9.71. The second kappa shape index (κ2) is 9.29. The van der Waals surface area contributed by atoms with Gasteiger partial charge >= 0.3 is 5.97 Å². The zero-order valence-electron chi connectivity index (χ0n) is 18.5. The van der Waals surface area contributed by atoms with Gasteiger partial charge in [0.2, 0.25) is 0 Å². The minimum atomic E-state index is -0.169. The van der Waals surface area contributed by atoms with Gasteiger partial charge in [-0.1, -0.05) is 19.1 Å². The molecule has 0 aliphatic heterocycles. The van der Waals surface area contributed by atoms with Gasteiger partial charge in [-0.05, 0) is 90.8 Å². The van der Waals surface area contributed by atoms with Crippen molar-refractivity contribution in [2.75, 3.05) is 20.8 Å². The van der Waals surface area contributed by atoms with E-state index in [0.29, 0.717) is 24.2 Å². The van der Waals surface area contributed by atoms with Crippen LogP contribution in [0.4, 0.5) is 4.39 Å². The van der Waals surface area contributed by atoms with Crippen LogP contribution in [0.2, 0.25) is 0 Å². The van der Waals surface area contributed by atoms with Gasteiger partial charge in [0.05, 0.1) is 26.7 Å². The van der Waals surface area contributed by atoms with Crippen molar-refractivity contribution >= 4 is 5.97 Å². The zero-order valence-corrected chi connectivity index (χ0v) is 18.5. The Morgan fingerprint density at radius 3 is 2.55 bits per heavy atom. The minimum Gasteiger partial charge on any atom is -0.497 e. The van der Waals surface area contributed by atoms with E-state index in [1.54, 1.807) is 19.2 Å². The first-order valence-electron chi connectivity index (χ1n) is 11.1. The maximum Gasteiger partial charge on any atom is 0.309 e. The third kappa shape index (κ3) is 4.86. The molecule has 31 heavy (non-hydrogen) atoms. The number of esters is 1. The summed E-state index contributed by atoms with van der Waals surface area (Å²) < 4.78 is 30.5. The Morgan fingerprint density at radius 2 is 1.87 bits per heavy atom. The second-order valence-corrected chi connectivity index (χ2v) is 8.98. The lowest BCUT2D eigenvalue weighted by molar-refractivity contribution is -0.145. The van der Waals surface area contributed by atoms with Crippen molar-refractivity contribution in [3.8, 4) is 11.5 Å². The summed E-state index contributed by atoms with van der Waals surface area (Å²) >= 11 is 0. The summed E-state index contributed by atoms with van der Waals surface area (Å²) in [5, 5.41) is 0. The molecule has 166 valence electrons. The van der Waals surface area contributed by atoms with E-state index >= 15 is 0 Å². The number of hydrogen-bond acceptors (Lipinski definition) is 4. The van der Waals surface area contributed by atoms with E-state index in [2.05, 4.69) is 12.1 Å². The average molecular weight is 427 g/mol. The standard InChI is InChI=1S/C26H31FO4/c1-16(26(28)30-3)25(18-7-8-18)19-5-4-6-22(13-19)31-15-17-11-20(12-17)23-14-21(29-2)9-10-24(23)27/h4-6,9-10,13-14,16-18,20,25H,7-8,11-12,15H2,1-3H3/t16-,17?,20?,25-/m0/s1. The zero-order chi connectivity index (χ0) is 22.0. The lowest BCUT2D eigenvalue weighted by Gasteiger charge is -2.35. The van der Waals surface area contributed by atoms with E-state index in [0.717, 1.165) is 42.6 Å². The fraction of sp³-hybridized carbons (Fsp3) is 0.500. The molecule has 0 saturated heterocycles. The molecule has 4 nitrogen and oxygen atoms in total. The van der Waals surface area contributed by atoms with Crippen molar-refractivity contribution in [1.29, 1.82) is 0 Å². The van der Waals surface area contributed by atoms with Crippen molar-refractivity contribution in [3.63, 3.8) is 0 Å². The van der Waals surface area contributed by atoms with Crippen LogP contribution in [0.3, 0.4) is 0 Å². The average Bonchev–Trinajstić information content (AvgIpc) is 3.58. The van der Waals surface area contributed by atoms with Crippen molar-refractivity contribution in [3.05, 3.63) is 59.4 Å². The lowest BCUT2D eigenvalue weighted by Crippen LogP contribution is -2.28. The molecule has 0 radical (unpaired) electrons. The van der Waals surface area contributed by atoms with Gasteiger partial charge in [0, 0.05) is 0 Å². The maximum atomic E-state index is 14.2. The Kier molecular flexibility index (Phi) is 6.49. The van der Waals surface area contributed by atoms with Crippen LogP contribution in [0.1, 0.15) is 55.6 Å². The fourth-order valence-electron chi connectivity index (χ4n) is 4.87. The van der Waals surface area contributed by atoms with E-state index in [9.17, 15) is 9.18 Å². The molecule has 0 spiro atoms. The number of hydrogen-bond donors (Lipinski definition) is 0. The molecule has 0 unspecified atom stereocenters. The smallest absolute Gasteiger partial charge is 0.309 e. The Balaban J connectivity index is 1.35. The van der Waals surface area contributed by atoms with E-state index in [1.807, 2.05) is 19.1 Å². The van der Waals surface area contributed by atoms with Crippen LogP contribution in [-0.4, -0.2) is 26.8 Å². The SMILES string of the molecule is COC(=O)[C@@H](C)[C@H](c1cccc(OCC2CC(c3cc(OC)ccc3F)C2)c1)C1CC1. The Bertz CT molecular complexity index is 917. The minimum absolute atomic E-state index is 0.159. The first kappa shape index (κ1) is 21.7. The van der Waals surface area contributed by atoms with E-state index in [1.165, 1.54) is 13.2 Å². The molecule has 2 aliphatic rings. The third-order valence-electron chi connectivity index (χ3n) is 6.85. The van der Waals surface area contributed by atoms with Crippen LogP contribution in [0.5, 0.6) is 11.5 Å². The predicted octanol–water partition coefficient (Wildman–Crippen LogP) is 5.71. The third-order valence-corrected chi connectivity index (χ3v) is 6.85. The van der Waals surface area contributed by atoms with Crippen LogP contribution < -0.4 is 9.47 Å². The van der Waals surface area contributed by atoms with Crippen LogP contribution >= 0.6 is 0 Å².